The second-order valence-corrected chi connectivity index (χ2v) is 3.94. The highest BCUT2D eigenvalue weighted by Crippen LogP contribution is 2.12. The van der Waals surface area contributed by atoms with Gasteiger partial charge >= 0.3 is 0 Å². The van der Waals surface area contributed by atoms with E-state index in [0.29, 0.717) is 0 Å². The molecule has 0 aromatic carbocycles. The summed E-state index contributed by atoms with van der Waals surface area (Å²) in [6.45, 7) is 8.43. The molecular formula is C13H25. The number of rotatable bonds is 8. The lowest BCUT2D eigenvalue weighted by Crippen LogP contribution is -1.91. The van der Waals surface area contributed by atoms with Crippen LogP contribution in [0.1, 0.15) is 58.8 Å². The van der Waals surface area contributed by atoms with Crippen LogP contribution in [-0.2, 0) is 0 Å². The van der Waals surface area contributed by atoms with Gasteiger partial charge in [0.2, 0.25) is 0 Å². The maximum absolute atomic E-state index is 3.91. The van der Waals surface area contributed by atoms with Crippen molar-refractivity contribution in [2.75, 3.05) is 0 Å². The predicted octanol–water partition coefficient (Wildman–Crippen LogP) is 4.76. The summed E-state index contributed by atoms with van der Waals surface area (Å²) in [6.07, 6.45) is 13.6. The van der Waals surface area contributed by atoms with Crippen molar-refractivity contribution in [3.63, 3.8) is 0 Å². The molecule has 1 unspecified atom stereocenters. The molecular weight excluding hydrogens is 156 g/mol. The molecule has 0 aromatic rings. The van der Waals surface area contributed by atoms with Crippen LogP contribution in [0.5, 0.6) is 0 Å². The highest BCUT2D eigenvalue weighted by Gasteiger charge is 1.96. The Balaban J connectivity index is 3.07. The average molecular weight is 181 g/mol. The Hall–Kier alpha value is -0.260. The van der Waals surface area contributed by atoms with Crippen molar-refractivity contribution >= 4 is 0 Å². The Morgan fingerprint density at radius 3 is 2.46 bits per heavy atom. The van der Waals surface area contributed by atoms with Crippen LogP contribution in [0.25, 0.3) is 0 Å². The van der Waals surface area contributed by atoms with E-state index >= 15 is 0 Å². The van der Waals surface area contributed by atoms with Gasteiger partial charge in [0.05, 0.1) is 0 Å². The topological polar surface area (TPSA) is 0 Å². The summed E-state index contributed by atoms with van der Waals surface area (Å²) in [6, 6.07) is 0. The molecule has 0 spiro atoms. The number of unbranched alkanes of at least 4 members (excludes halogenated alkanes) is 3. The lowest BCUT2D eigenvalue weighted by atomic mass is 10.0. The van der Waals surface area contributed by atoms with Crippen molar-refractivity contribution in [1.29, 1.82) is 0 Å². The summed E-state index contributed by atoms with van der Waals surface area (Å²) in [5.41, 5.74) is 0. The maximum atomic E-state index is 3.91. The molecule has 0 aliphatic heterocycles. The molecule has 13 heavy (non-hydrogen) atoms. The molecule has 1 radical (unpaired) electrons. The van der Waals surface area contributed by atoms with Crippen LogP contribution in [0, 0.1) is 12.8 Å². The molecule has 0 aliphatic carbocycles. The number of hydrogen-bond acceptors (Lipinski definition) is 0. The van der Waals surface area contributed by atoms with Crippen molar-refractivity contribution < 1.29 is 0 Å². The summed E-state index contributed by atoms with van der Waals surface area (Å²) >= 11 is 0. The minimum absolute atomic E-state index is 0.819. The van der Waals surface area contributed by atoms with Gasteiger partial charge in [0.25, 0.3) is 0 Å². The fraction of sp³-hybridized carbons (Fsp3) is 0.769. The van der Waals surface area contributed by atoms with Crippen molar-refractivity contribution in [2.45, 2.75) is 58.8 Å². The zero-order valence-corrected chi connectivity index (χ0v) is 9.39. The first-order valence-corrected chi connectivity index (χ1v) is 5.75. The Morgan fingerprint density at radius 1 is 1.15 bits per heavy atom. The first kappa shape index (κ1) is 12.7. The second-order valence-electron chi connectivity index (χ2n) is 3.94. The van der Waals surface area contributed by atoms with Gasteiger partial charge in [-0.25, -0.2) is 0 Å². The molecule has 0 amide bonds. The Morgan fingerprint density at radius 2 is 1.85 bits per heavy atom. The van der Waals surface area contributed by atoms with Gasteiger partial charge in [-0.3, -0.25) is 0 Å². The molecule has 1 atom stereocenters. The van der Waals surface area contributed by atoms with Crippen LogP contribution in [0.2, 0.25) is 0 Å². The van der Waals surface area contributed by atoms with Crippen molar-refractivity contribution in [1.82, 2.24) is 0 Å². The van der Waals surface area contributed by atoms with Crippen molar-refractivity contribution in [3.05, 3.63) is 19.1 Å². The van der Waals surface area contributed by atoms with E-state index < -0.39 is 0 Å². The Labute approximate surface area is 84.4 Å². The van der Waals surface area contributed by atoms with Crippen LogP contribution in [0.3, 0.4) is 0 Å². The van der Waals surface area contributed by atoms with Crippen molar-refractivity contribution in [2.24, 2.45) is 5.92 Å². The van der Waals surface area contributed by atoms with Crippen LogP contribution in [-0.4, -0.2) is 0 Å². The van der Waals surface area contributed by atoms with Crippen molar-refractivity contribution in [3.8, 4) is 0 Å². The number of hydrogen-bond donors (Lipinski definition) is 0. The molecule has 0 fully saturated rings. The first-order valence-electron chi connectivity index (χ1n) is 5.75. The van der Waals surface area contributed by atoms with Gasteiger partial charge in [-0.15, -0.1) is 0 Å². The Bertz CT molecular complexity index is 113. The van der Waals surface area contributed by atoms with Crippen LogP contribution in [0.4, 0.5) is 0 Å². The maximum Gasteiger partial charge on any atom is -0.0351 e. The molecule has 0 aromatic heterocycles. The smallest absolute Gasteiger partial charge is 0.0351 e. The molecule has 77 valence electrons. The van der Waals surface area contributed by atoms with E-state index in [2.05, 4.69) is 32.9 Å². The molecule has 0 heteroatoms. The van der Waals surface area contributed by atoms with Crippen LogP contribution < -0.4 is 0 Å². The van der Waals surface area contributed by atoms with E-state index in [1.54, 1.807) is 0 Å². The summed E-state index contributed by atoms with van der Waals surface area (Å²) in [5, 5.41) is 0. The highest BCUT2D eigenvalue weighted by atomic mass is 14.0. The summed E-state index contributed by atoms with van der Waals surface area (Å²) in [4.78, 5) is 0. The largest absolute Gasteiger partial charge is 0.0885 e. The lowest BCUT2D eigenvalue weighted by molar-refractivity contribution is 0.503. The van der Waals surface area contributed by atoms with E-state index in [9.17, 15) is 0 Å². The third-order valence-corrected chi connectivity index (χ3v) is 2.43. The monoisotopic (exact) mass is 181 g/mol. The zero-order chi connectivity index (χ0) is 9.94. The molecule has 0 saturated heterocycles. The molecule has 0 nitrogen and oxygen atoms in total. The molecule has 0 bridgehead atoms. The summed E-state index contributed by atoms with van der Waals surface area (Å²) < 4.78 is 0. The fourth-order valence-corrected chi connectivity index (χ4v) is 1.30. The van der Waals surface area contributed by atoms with E-state index in [4.69, 9.17) is 0 Å². The predicted molar refractivity (Wildman–Crippen MR) is 61.7 cm³/mol. The third kappa shape index (κ3) is 9.66. The molecule has 0 saturated carbocycles. The van der Waals surface area contributed by atoms with E-state index in [-0.39, 0.29) is 0 Å². The first-order chi connectivity index (χ1) is 6.31. The molecule has 0 heterocycles. The fourth-order valence-electron chi connectivity index (χ4n) is 1.30. The molecule has 0 N–H and O–H groups in total. The second kappa shape index (κ2) is 9.83. The minimum atomic E-state index is 0.819. The lowest BCUT2D eigenvalue weighted by Gasteiger charge is -2.05. The van der Waals surface area contributed by atoms with Gasteiger partial charge in [-0.2, -0.15) is 0 Å². The zero-order valence-electron chi connectivity index (χ0n) is 9.39. The van der Waals surface area contributed by atoms with Gasteiger partial charge in [0.1, 0.15) is 0 Å². The SMILES string of the molecule is [CH2]CC(C)CCCCC=CCCC. The van der Waals surface area contributed by atoms with Gasteiger partial charge in [0, 0.05) is 0 Å². The third-order valence-electron chi connectivity index (χ3n) is 2.43. The van der Waals surface area contributed by atoms with Crippen LogP contribution >= 0.6 is 0 Å². The highest BCUT2D eigenvalue weighted by molar-refractivity contribution is 4.80. The Kier molecular flexibility index (Phi) is 9.63. The van der Waals surface area contributed by atoms with Gasteiger partial charge < -0.3 is 0 Å². The minimum Gasteiger partial charge on any atom is -0.0885 e. The van der Waals surface area contributed by atoms with E-state index in [0.717, 1.165) is 12.3 Å². The van der Waals surface area contributed by atoms with E-state index in [1.807, 2.05) is 0 Å². The van der Waals surface area contributed by atoms with Gasteiger partial charge in [0.15, 0.2) is 0 Å². The van der Waals surface area contributed by atoms with Gasteiger partial charge in [-0.1, -0.05) is 58.6 Å². The van der Waals surface area contributed by atoms with E-state index in [1.165, 1.54) is 38.5 Å². The standard InChI is InChI=1S/C13H25/c1-4-6-7-8-9-10-11-12-13(3)5-2/h7-8,13H,2,4-6,9-12H2,1,3H3. The number of allylic oxidation sites excluding steroid dienone is 2. The van der Waals surface area contributed by atoms with Gasteiger partial charge in [-0.05, 0) is 25.2 Å². The molecule has 0 aliphatic rings. The quantitative estimate of drug-likeness (QED) is 0.374. The summed E-state index contributed by atoms with van der Waals surface area (Å²) in [5.74, 6) is 0.819. The normalized spacial score (nSPS) is 13.8. The summed E-state index contributed by atoms with van der Waals surface area (Å²) in [7, 11) is 0. The average Bonchev–Trinajstić information content (AvgIpc) is 2.16. The molecule has 0 rings (SSSR count). The van der Waals surface area contributed by atoms with Crippen LogP contribution in [0.15, 0.2) is 12.2 Å².